The third-order valence-electron chi connectivity index (χ3n) is 3.34. The third-order valence-corrected chi connectivity index (χ3v) is 4.13. The molecule has 98 valence electrons. The van der Waals surface area contributed by atoms with E-state index in [0.29, 0.717) is 6.54 Å². The van der Waals surface area contributed by atoms with Crippen molar-refractivity contribution in [3.8, 4) is 0 Å². The summed E-state index contributed by atoms with van der Waals surface area (Å²) in [5.41, 5.74) is 5.66. The van der Waals surface area contributed by atoms with Crippen LogP contribution in [0.25, 0.3) is 11.0 Å². The minimum atomic E-state index is 0.686. The molecule has 2 aromatic heterocycles. The van der Waals surface area contributed by atoms with Crippen molar-refractivity contribution in [2.75, 3.05) is 12.4 Å². The summed E-state index contributed by atoms with van der Waals surface area (Å²) in [4.78, 5) is 4.45. The third kappa shape index (κ3) is 2.08. The van der Waals surface area contributed by atoms with Crippen LogP contribution in [0, 0.1) is 13.8 Å². The van der Waals surface area contributed by atoms with Gasteiger partial charge in [0, 0.05) is 18.6 Å². The van der Waals surface area contributed by atoms with Gasteiger partial charge in [-0.1, -0.05) is 4.49 Å². The van der Waals surface area contributed by atoms with E-state index in [1.165, 1.54) is 22.7 Å². The fraction of sp³-hybridized carbons (Fsp3) is 0.308. The van der Waals surface area contributed by atoms with Crippen molar-refractivity contribution in [2.45, 2.75) is 20.4 Å². The monoisotopic (exact) mass is 273 g/mol. The van der Waals surface area contributed by atoms with Gasteiger partial charge < -0.3 is 9.88 Å². The zero-order valence-corrected chi connectivity index (χ0v) is 12.0. The Bertz CT molecular complexity index is 728. The zero-order valence-electron chi connectivity index (χ0n) is 11.1. The topological polar surface area (TPSA) is 55.6 Å². The highest BCUT2D eigenvalue weighted by molar-refractivity contribution is 7.10. The molecule has 0 aliphatic rings. The Kier molecular flexibility index (Phi) is 2.94. The van der Waals surface area contributed by atoms with E-state index in [-0.39, 0.29) is 0 Å². The minimum Gasteiger partial charge on any atom is -0.377 e. The number of imidazole rings is 1. The molecule has 5 nitrogen and oxygen atoms in total. The molecule has 0 fully saturated rings. The minimum absolute atomic E-state index is 0.686. The molecule has 1 aromatic carbocycles. The first-order valence-corrected chi connectivity index (χ1v) is 6.87. The largest absolute Gasteiger partial charge is 0.377 e. The van der Waals surface area contributed by atoms with Crippen molar-refractivity contribution in [1.29, 1.82) is 0 Å². The zero-order chi connectivity index (χ0) is 13.4. The first-order chi connectivity index (χ1) is 9.19. The first-order valence-electron chi connectivity index (χ1n) is 6.10. The van der Waals surface area contributed by atoms with Gasteiger partial charge in [0.2, 0.25) is 0 Å². The van der Waals surface area contributed by atoms with E-state index >= 15 is 0 Å². The van der Waals surface area contributed by atoms with Crippen LogP contribution in [-0.2, 0) is 6.54 Å². The van der Waals surface area contributed by atoms with Gasteiger partial charge in [-0.2, -0.15) is 0 Å². The molecule has 0 unspecified atom stereocenters. The van der Waals surface area contributed by atoms with Crippen molar-refractivity contribution in [1.82, 2.24) is 19.1 Å². The van der Waals surface area contributed by atoms with E-state index in [1.807, 2.05) is 13.4 Å². The average molecular weight is 273 g/mol. The van der Waals surface area contributed by atoms with Crippen LogP contribution in [0.5, 0.6) is 0 Å². The van der Waals surface area contributed by atoms with E-state index < -0.39 is 0 Å². The van der Waals surface area contributed by atoms with Crippen LogP contribution in [0.15, 0.2) is 18.5 Å². The van der Waals surface area contributed by atoms with Crippen molar-refractivity contribution in [2.24, 2.45) is 0 Å². The number of fused-ring (bicyclic) bond motifs is 1. The number of anilines is 1. The van der Waals surface area contributed by atoms with Crippen LogP contribution in [0.3, 0.4) is 0 Å². The molecule has 0 radical (unpaired) electrons. The predicted octanol–water partition coefficient (Wildman–Crippen LogP) is 2.59. The lowest BCUT2D eigenvalue weighted by atomic mass is 10.1. The van der Waals surface area contributed by atoms with E-state index in [2.05, 4.69) is 50.4 Å². The van der Waals surface area contributed by atoms with Gasteiger partial charge in [-0.15, -0.1) is 5.10 Å². The summed E-state index contributed by atoms with van der Waals surface area (Å²) in [5, 5.41) is 8.29. The van der Waals surface area contributed by atoms with E-state index in [4.69, 9.17) is 0 Å². The molecule has 1 N–H and O–H groups in total. The maximum atomic E-state index is 4.45. The maximum Gasteiger partial charge on any atom is 0.134 e. The fourth-order valence-electron chi connectivity index (χ4n) is 2.10. The molecule has 6 heteroatoms. The summed E-state index contributed by atoms with van der Waals surface area (Å²) in [6, 6.07) is 4.30. The van der Waals surface area contributed by atoms with Gasteiger partial charge in [-0.05, 0) is 37.1 Å². The molecule has 0 aliphatic carbocycles. The Morgan fingerprint density at radius 3 is 2.84 bits per heavy atom. The molecule has 0 amide bonds. The number of nitrogens with zero attached hydrogens (tertiary/aromatic N) is 4. The van der Waals surface area contributed by atoms with Crippen LogP contribution in [0.4, 0.5) is 5.00 Å². The normalized spacial score (nSPS) is 11.1. The molecule has 2 heterocycles. The summed E-state index contributed by atoms with van der Waals surface area (Å²) in [7, 11) is 1.89. The van der Waals surface area contributed by atoms with Gasteiger partial charge in [0.1, 0.15) is 10.7 Å². The van der Waals surface area contributed by atoms with Gasteiger partial charge in [-0.3, -0.25) is 0 Å². The lowest BCUT2D eigenvalue weighted by Crippen LogP contribution is -2.01. The Balaban J connectivity index is 2.04. The molecule has 3 rings (SSSR count). The van der Waals surface area contributed by atoms with E-state index in [9.17, 15) is 0 Å². The smallest absolute Gasteiger partial charge is 0.134 e. The molecule has 0 atom stereocenters. The van der Waals surface area contributed by atoms with Gasteiger partial charge in [0.15, 0.2) is 0 Å². The second-order valence-corrected chi connectivity index (χ2v) is 5.35. The van der Waals surface area contributed by atoms with E-state index in [0.717, 1.165) is 21.7 Å². The van der Waals surface area contributed by atoms with Crippen molar-refractivity contribution in [3.05, 3.63) is 35.3 Å². The van der Waals surface area contributed by atoms with E-state index in [1.54, 1.807) is 0 Å². The number of hydrogen-bond donors (Lipinski definition) is 1. The Hall–Kier alpha value is -1.95. The molecule has 19 heavy (non-hydrogen) atoms. The number of nitrogens with one attached hydrogen (secondary N) is 1. The van der Waals surface area contributed by atoms with Gasteiger partial charge in [-0.25, -0.2) is 4.98 Å². The van der Waals surface area contributed by atoms with Crippen molar-refractivity contribution >= 4 is 27.6 Å². The summed E-state index contributed by atoms with van der Waals surface area (Å²) in [5.74, 6) is 0. The van der Waals surface area contributed by atoms with Crippen LogP contribution >= 0.6 is 11.5 Å². The Labute approximate surface area is 115 Å². The number of aromatic nitrogens is 4. The van der Waals surface area contributed by atoms with Crippen LogP contribution in [0.1, 0.15) is 16.8 Å². The molecule has 0 spiro atoms. The SMILES string of the molecule is CNc1snnc1Cn1cnc2cc(C)c(C)cc21. The quantitative estimate of drug-likeness (QED) is 0.797. The van der Waals surface area contributed by atoms with Crippen molar-refractivity contribution in [3.63, 3.8) is 0 Å². The van der Waals surface area contributed by atoms with Crippen LogP contribution in [-0.4, -0.2) is 26.2 Å². The van der Waals surface area contributed by atoms with Crippen molar-refractivity contribution < 1.29 is 0 Å². The van der Waals surface area contributed by atoms with Crippen LogP contribution in [0.2, 0.25) is 0 Å². The number of aryl methyl sites for hydroxylation is 2. The Morgan fingerprint density at radius 2 is 2.05 bits per heavy atom. The molecule has 0 bridgehead atoms. The average Bonchev–Trinajstić information content (AvgIpc) is 2.99. The fourth-order valence-corrected chi connectivity index (χ4v) is 2.63. The lowest BCUT2D eigenvalue weighted by molar-refractivity contribution is 0.791. The van der Waals surface area contributed by atoms with Gasteiger partial charge in [0.25, 0.3) is 0 Å². The standard InChI is InChI=1S/C13H15N5S/c1-8-4-10-12(5-9(8)2)18(7-15-10)6-11-13(14-3)19-17-16-11/h4-5,7,14H,6H2,1-3H3. The number of hydrogen-bond acceptors (Lipinski definition) is 5. The van der Waals surface area contributed by atoms with Gasteiger partial charge >= 0.3 is 0 Å². The highest BCUT2D eigenvalue weighted by Crippen LogP contribution is 2.22. The molecule has 0 saturated heterocycles. The summed E-state index contributed by atoms with van der Waals surface area (Å²) in [6.07, 6.45) is 1.86. The summed E-state index contributed by atoms with van der Waals surface area (Å²) < 4.78 is 6.09. The lowest BCUT2D eigenvalue weighted by Gasteiger charge is -2.05. The second kappa shape index (κ2) is 4.62. The molecule has 0 saturated carbocycles. The predicted molar refractivity (Wildman–Crippen MR) is 77.8 cm³/mol. The molecule has 3 aromatic rings. The highest BCUT2D eigenvalue weighted by Gasteiger charge is 2.10. The first kappa shape index (κ1) is 12.1. The Morgan fingerprint density at radius 1 is 1.26 bits per heavy atom. The maximum absolute atomic E-state index is 4.45. The molecule has 0 aliphatic heterocycles. The van der Waals surface area contributed by atoms with Gasteiger partial charge in [0.05, 0.1) is 23.9 Å². The highest BCUT2D eigenvalue weighted by atomic mass is 32.1. The summed E-state index contributed by atoms with van der Waals surface area (Å²) in [6.45, 7) is 4.92. The molecular formula is C13H15N5S. The molecular weight excluding hydrogens is 258 g/mol. The van der Waals surface area contributed by atoms with Crippen LogP contribution < -0.4 is 5.32 Å². The number of rotatable bonds is 3. The second-order valence-electron chi connectivity index (χ2n) is 4.60. The summed E-state index contributed by atoms with van der Waals surface area (Å²) >= 11 is 1.38. The number of benzene rings is 1.